The average molecular weight is 318 g/mol. The van der Waals surface area contributed by atoms with Crippen LogP contribution in [0.15, 0.2) is 28.7 Å². The first-order chi connectivity index (χ1) is 8.90. The summed E-state index contributed by atoms with van der Waals surface area (Å²) in [6, 6.07) is 2.92. The van der Waals surface area contributed by atoms with Crippen LogP contribution in [-0.2, 0) is 16.6 Å². The standard InChI is InChI=1S/C11H12ClN3O2S2/c1-7-10(13)2-8(12)3-11(7)19(16,17)15-5-9-4-14-6-18-9/h2-4,6,15H,5,13H2,1H3. The summed E-state index contributed by atoms with van der Waals surface area (Å²) in [6.45, 7) is 1.84. The van der Waals surface area contributed by atoms with Gasteiger partial charge < -0.3 is 5.73 Å². The molecule has 0 bridgehead atoms. The second-order valence-electron chi connectivity index (χ2n) is 3.91. The first-order valence-corrected chi connectivity index (χ1v) is 8.07. The molecule has 2 rings (SSSR count). The van der Waals surface area contributed by atoms with E-state index < -0.39 is 10.0 Å². The van der Waals surface area contributed by atoms with Crippen molar-refractivity contribution in [3.05, 3.63) is 39.3 Å². The van der Waals surface area contributed by atoms with Gasteiger partial charge in [-0.2, -0.15) is 0 Å². The highest BCUT2D eigenvalue weighted by molar-refractivity contribution is 7.89. The number of sulfonamides is 1. The van der Waals surface area contributed by atoms with Crippen LogP contribution in [0.5, 0.6) is 0 Å². The summed E-state index contributed by atoms with van der Waals surface area (Å²) < 4.78 is 26.9. The number of nitrogens with one attached hydrogen (secondary N) is 1. The SMILES string of the molecule is Cc1c(N)cc(Cl)cc1S(=O)(=O)NCc1cncs1. The first-order valence-electron chi connectivity index (χ1n) is 5.33. The number of nitrogen functional groups attached to an aromatic ring is 1. The van der Waals surface area contributed by atoms with Gasteiger partial charge in [-0.05, 0) is 24.6 Å². The maximum absolute atomic E-state index is 12.2. The molecular weight excluding hydrogens is 306 g/mol. The quantitative estimate of drug-likeness (QED) is 0.846. The smallest absolute Gasteiger partial charge is 0.241 e. The van der Waals surface area contributed by atoms with Gasteiger partial charge in [-0.1, -0.05) is 11.6 Å². The lowest BCUT2D eigenvalue weighted by atomic mass is 10.2. The van der Waals surface area contributed by atoms with E-state index in [1.807, 2.05) is 0 Å². The topological polar surface area (TPSA) is 85.1 Å². The maximum atomic E-state index is 12.2. The number of nitrogens with zero attached hydrogens (tertiary/aromatic N) is 1. The van der Waals surface area contributed by atoms with Crippen LogP contribution in [0.1, 0.15) is 10.4 Å². The number of thiazole rings is 1. The molecule has 8 heteroatoms. The third-order valence-electron chi connectivity index (χ3n) is 2.57. The van der Waals surface area contributed by atoms with E-state index in [1.54, 1.807) is 18.6 Å². The molecule has 0 aliphatic carbocycles. The molecule has 0 aliphatic rings. The number of rotatable bonds is 4. The lowest BCUT2D eigenvalue weighted by Crippen LogP contribution is -2.24. The van der Waals surface area contributed by atoms with Crippen LogP contribution in [0, 0.1) is 6.92 Å². The van der Waals surface area contributed by atoms with E-state index in [4.69, 9.17) is 17.3 Å². The molecule has 0 unspecified atom stereocenters. The van der Waals surface area contributed by atoms with Gasteiger partial charge in [-0.3, -0.25) is 4.98 Å². The summed E-state index contributed by atoms with van der Waals surface area (Å²) in [5.41, 5.74) is 8.21. The number of benzene rings is 1. The van der Waals surface area contributed by atoms with Crippen molar-refractivity contribution in [3.63, 3.8) is 0 Å². The van der Waals surface area contributed by atoms with Crippen LogP contribution in [-0.4, -0.2) is 13.4 Å². The van der Waals surface area contributed by atoms with E-state index in [-0.39, 0.29) is 11.4 Å². The number of halogens is 1. The molecule has 0 radical (unpaired) electrons. The van der Waals surface area contributed by atoms with E-state index in [2.05, 4.69) is 9.71 Å². The fourth-order valence-corrected chi connectivity index (χ4v) is 3.75. The lowest BCUT2D eigenvalue weighted by molar-refractivity contribution is 0.581. The van der Waals surface area contributed by atoms with Gasteiger partial charge in [0.2, 0.25) is 10.0 Å². The summed E-state index contributed by atoms with van der Waals surface area (Å²) in [5.74, 6) is 0. The first kappa shape index (κ1) is 14.3. The van der Waals surface area contributed by atoms with Crippen molar-refractivity contribution in [1.82, 2.24) is 9.71 Å². The van der Waals surface area contributed by atoms with E-state index >= 15 is 0 Å². The summed E-state index contributed by atoms with van der Waals surface area (Å²) in [4.78, 5) is 4.81. The Balaban J connectivity index is 2.29. The highest BCUT2D eigenvalue weighted by Crippen LogP contribution is 2.26. The third kappa shape index (κ3) is 3.24. The Morgan fingerprint density at radius 3 is 2.84 bits per heavy atom. The van der Waals surface area contributed by atoms with E-state index in [0.717, 1.165) is 4.88 Å². The van der Waals surface area contributed by atoms with Crippen molar-refractivity contribution >= 4 is 38.6 Å². The summed E-state index contributed by atoms with van der Waals surface area (Å²) in [6.07, 6.45) is 1.62. The Labute approximate surface area is 120 Å². The van der Waals surface area contributed by atoms with Gasteiger partial charge in [0.05, 0.1) is 10.4 Å². The fourth-order valence-electron chi connectivity index (χ4n) is 1.53. The van der Waals surface area contributed by atoms with Crippen LogP contribution in [0.25, 0.3) is 0 Å². The highest BCUT2D eigenvalue weighted by Gasteiger charge is 2.19. The van der Waals surface area contributed by atoms with Gasteiger partial charge in [0.25, 0.3) is 0 Å². The minimum Gasteiger partial charge on any atom is -0.398 e. The molecule has 5 nitrogen and oxygen atoms in total. The molecule has 0 atom stereocenters. The normalized spacial score (nSPS) is 11.7. The molecule has 0 spiro atoms. The fraction of sp³-hybridized carbons (Fsp3) is 0.182. The Morgan fingerprint density at radius 2 is 2.21 bits per heavy atom. The zero-order chi connectivity index (χ0) is 14.0. The van der Waals surface area contributed by atoms with Crippen LogP contribution < -0.4 is 10.5 Å². The molecule has 0 saturated heterocycles. The molecule has 1 heterocycles. The minimum absolute atomic E-state index is 0.0991. The Morgan fingerprint density at radius 1 is 1.47 bits per heavy atom. The summed E-state index contributed by atoms with van der Waals surface area (Å²) in [7, 11) is -3.65. The zero-order valence-corrected chi connectivity index (χ0v) is 12.4. The summed E-state index contributed by atoms with van der Waals surface area (Å²) >= 11 is 7.23. The van der Waals surface area contributed by atoms with Gasteiger partial charge in [0.1, 0.15) is 0 Å². The van der Waals surface area contributed by atoms with E-state index in [9.17, 15) is 8.42 Å². The zero-order valence-electron chi connectivity index (χ0n) is 10.1. The summed E-state index contributed by atoms with van der Waals surface area (Å²) in [5, 5.41) is 0.293. The largest absolute Gasteiger partial charge is 0.398 e. The Kier molecular flexibility index (Phi) is 4.10. The van der Waals surface area contributed by atoms with Gasteiger partial charge in [0.15, 0.2) is 0 Å². The molecule has 0 saturated carbocycles. The van der Waals surface area contributed by atoms with Crippen LogP contribution >= 0.6 is 22.9 Å². The molecule has 102 valence electrons. The molecular formula is C11H12ClN3O2S2. The second-order valence-corrected chi connectivity index (χ2v) is 7.05. The number of hydrogen-bond acceptors (Lipinski definition) is 5. The molecule has 19 heavy (non-hydrogen) atoms. The number of nitrogens with two attached hydrogens (primary N) is 1. The number of hydrogen-bond donors (Lipinski definition) is 2. The Hall–Kier alpha value is -1.15. The van der Waals surface area contributed by atoms with Crippen molar-refractivity contribution < 1.29 is 8.42 Å². The molecule has 0 fully saturated rings. The van der Waals surface area contributed by atoms with Crippen molar-refractivity contribution in [1.29, 1.82) is 0 Å². The van der Waals surface area contributed by atoms with Crippen molar-refractivity contribution in [2.45, 2.75) is 18.4 Å². The van der Waals surface area contributed by atoms with Crippen molar-refractivity contribution in [2.75, 3.05) is 5.73 Å². The monoisotopic (exact) mass is 317 g/mol. The predicted molar refractivity (Wildman–Crippen MR) is 76.7 cm³/mol. The predicted octanol–water partition coefficient (Wildman–Crippen LogP) is 2.17. The number of aromatic nitrogens is 1. The molecule has 3 N–H and O–H groups in total. The average Bonchev–Trinajstić information content (AvgIpc) is 2.84. The number of anilines is 1. The van der Waals surface area contributed by atoms with Gasteiger partial charge in [-0.25, -0.2) is 13.1 Å². The minimum atomic E-state index is -3.65. The molecule has 0 aliphatic heterocycles. The highest BCUT2D eigenvalue weighted by atomic mass is 35.5. The third-order valence-corrected chi connectivity index (χ3v) is 5.10. The van der Waals surface area contributed by atoms with Gasteiger partial charge in [0, 0.05) is 28.3 Å². The molecule has 2 aromatic rings. The van der Waals surface area contributed by atoms with Crippen LogP contribution in [0.2, 0.25) is 5.02 Å². The van der Waals surface area contributed by atoms with Gasteiger partial charge in [-0.15, -0.1) is 11.3 Å². The maximum Gasteiger partial charge on any atom is 0.241 e. The van der Waals surface area contributed by atoms with Crippen LogP contribution in [0.3, 0.4) is 0 Å². The molecule has 1 aromatic carbocycles. The molecule has 0 amide bonds. The lowest BCUT2D eigenvalue weighted by Gasteiger charge is -2.11. The van der Waals surface area contributed by atoms with Crippen LogP contribution in [0.4, 0.5) is 5.69 Å². The second kappa shape index (κ2) is 5.46. The van der Waals surface area contributed by atoms with E-state index in [0.29, 0.717) is 16.3 Å². The van der Waals surface area contributed by atoms with Crippen molar-refractivity contribution in [3.8, 4) is 0 Å². The van der Waals surface area contributed by atoms with Crippen molar-refractivity contribution in [2.24, 2.45) is 0 Å². The van der Waals surface area contributed by atoms with Gasteiger partial charge >= 0.3 is 0 Å². The molecule has 1 aromatic heterocycles. The van der Waals surface area contributed by atoms with E-state index in [1.165, 1.54) is 23.5 Å². The Bertz CT molecular complexity index is 684.